The summed E-state index contributed by atoms with van der Waals surface area (Å²) in [6.45, 7) is 0. The lowest BCUT2D eigenvalue weighted by Gasteiger charge is -2.22. The van der Waals surface area contributed by atoms with Gasteiger partial charge in [-0.15, -0.1) is 0 Å². The van der Waals surface area contributed by atoms with Crippen molar-refractivity contribution in [1.82, 2.24) is 5.32 Å². The minimum Gasteiger partial charge on any atom is -0.496 e. The highest BCUT2D eigenvalue weighted by molar-refractivity contribution is 6.36. The van der Waals surface area contributed by atoms with Gasteiger partial charge in [-0.1, -0.05) is 29.3 Å². The Hall–Kier alpha value is -1.29. The van der Waals surface area contributed by atoms with Crippen LogP contribution in [0, 0.1) is 5.82 Å². The first-order valence-corrected chi connectivity index (χ1v) is 6.78. The van der Waals surface area contributed by atoms with Crippen LogP contribution in [0.1, 0.15) is 17.2 Å². The number of hydrogen-bond acceptors (Lipinski definition) is 2. The molecule has 0 bridgehead atoms. The molecule has 0 saturated heterocycles. The number of halogens is 3. The van der Waals surface area contributed by atoms with Crippen molar-refractivity contribution >= 4 is 23.2 Å². The van der Waals surface area contributed by atoms with Crippen molar-refractivity contribution < 1.29 is 9.13 Å². The summed E-state index contributed by atoms with van der Waals surface area (Å²) >= 11 is 12.5. The van der Waals surface area contributed by atoms with E-state index in [0.29, 0.717) is 26.9 Å². The molecular formula is C15H14Cl2FNO. The fourth-order valence-corrected chi connectivity index (χ4v) is 2.79. The Bertz CT molecular complexity index is 599. The van der Waals surface area contributed by atoms with Gasteiger partial charge in [-0.25, -0.2) is 4.39 Å². The Morgan fingerprint density at radius 2 is 1.80 bits per heavy atom. The van der Waals surface area contributed by atoms with Crippen LogP contribution in [0.2, 0.25) is 10.0 Å². The van der Waals surface area contributed by atoms with Gasteiger partial charge in [0.1, 0.15) is 11.6 Å². The summed E-state index contributed by atoms with van der Waals surface area (Å²) in [5.74, 6) is 0.228. The molecule has 0 aliphatic rings. The third-order valence-electron chi connectivity index (χ3n) is 3.08. The lowest BCUT2D eigenvalue weighted by atomic mass is 9.97. The summed E-state index contributed by atoms with van der Waals surface area (Å²) in [5, 5.41) is 4.14. The predicted molar refractivity (Wildman–Crippen MR) is 80.3 cm³/mol. The molecule has 0 spiro atoms. The van der Waals surface area contributed by atoms with Crippen LogP contribution in [0.4, 0.5) is 4.39 Å². The first-order chi connectivity index (χ1) is 9.58. The number of ether oxygens (including phenoxy) is 1. The summed E-state index contributed by atoms with van der Waals surface area (Å²) in [7, 11) is 3.30. The van der Waals surface area contributed by atoms with Gasteiger partial charge < -0.3 is 10.1 Å². The first-order valence-electron chi connectivity index (χ1n) is 6.03. The highest BCUT2D eigenvalue weighted by Crippen LogP contribution is 2.37. The second-order valence-corrected chi connectivity index (χ2v) is 5.06. The molecule has 2 nitrogen and oxygen atoms in total. The lowest BCUT2D eigenvalue weighted by molar-refractivity contribution is 0.404. The van der Waals surface area contributed by atoms with Crippen LogP contribution in [0.15, 0.2) is 36.4 Å². The molecule has 2 rings (SSSR count). The summed E-state index contributed by atoms with van der Waals surface area (Å²) in [5.41, 5.74) is 1.34. The summed E-state index contributed by atoms with van der Waals surface area (Å²) in [4.78, 5) is 0. The zero-order chi connectivity index (χ0) is 14.7. The van der Waals surface area contributed by atoms with E-state index in [1.54, 1.807) is 31.3 Å². The van der Waals surface area contributed by atoms with E-state index >= 15 is 0 Å². The van der Waals surface area contributed by atoms with Crippen LogP contribution in [0.25, 0.3) is 0 Å². The molecule has 0 aliphatic heterocycles. The number of hydrogen-bond donors (Lipinski definition) is 1. The van der Waals surface area contributed by atoms with Crippen molar-refractivity contribution in [3.05, 3.63) is 63.4 Å². The van der Waals surface area contributed by atoms with Crippen molar-refractivity contribution in [2.45, 2.75) is 6.04 Å². The normalized spacial score (nSPS) is 12.2. The molecule has 2 aromatic carbocycles. The Labute approximate surface area is 127 Å². The minimum absolute atomic E-state index is 0.343. The van der Waals surface area contributed by atoms with Gasteiger partial charge in [0.15, 0.2) is 0 Å². The monoisotopic (exact) mass is 313 g/mol. The molecule has 20 heavy (non-hydrogen) atoms. The maximum atomic E-state index is 13.5. The van der Waals surface area contributed by atoms with E-state index in [9.17, 15) is 4.39 Å². The average Bonchev–Trinajstić information content (AvgIpc) is 2.43. The Kier molecular flexibility index (Phi) is 4.86. The SMILES string of the molecule is CNC(c1cc(F)ccc1OC)c1c(Cl)cccc1Cl. The van der Waals surface area contributed by atoms with Gasteiger partial charge in [-0.2, -0.15) is 0 Å². The number of methoxy groups -OCH3 is 1. The molecule has 1 N–H and O–H groups in total. The Morgan fingerprint density at radius 1 is 1.15 bits per heavy atom. The van der Waals surface area contributed by atoms with Crippen LogP contribution >= 0.6 is 23.2 Å². The van der Waals surface area contributed by atoms with Crippen molar-refractivity contribution in [3.63, 3.8) is 0 Å². The van der Waals surface area contributed by atoms with E-state index in [-0.39, 0.29) is 11.9 Å². The molecule has 106 valence electrons. The standard InChI is InChI=1S/C15H14Cl2FNO/c1-19-15(14-11(16)4-3-5-12(14)17)10-8-9(18)6-7-13(10)20-2/h3-8,15,19H,1-2H3. The first kappa shape index (κ1) is 15.1. The van der Waals surface area contributed by atoms with Crippen LogP contribution in [0.5, 0.6) is 5.75 Å². The maximum Gasteiger partial charge on any atom is 0.124 e. The summed E-state index contributed by atoms with van der Waals surface area (Å²) < 4.78 is 18.8. The van der Waals surface area contributed by atoms with E-state index in [0.717, 1.165) is 0 Å². The molecule has 1 atom stereocenters. The lowest BCUT2D eigenvalue weighted by Crippen LogP contribution is -2.19. The molecule has 0 aliphatic carbocycles. The van der Waals surface area contributed by atoms with E-state index in [4.69, 9.17) is 27.9 Å². The second-order valence-electron chi connectivity index (χ2n) is 4.24. The van der Waals surface area contributed by atoms with Crippen LogP contribution in [0.3, 0.4) is 0 Å². The van der Waals surface area contributed by atoms with E-state index in [1.165, 1.54) is 19.2 Å². The molecule has 0 heterocycles. The van der Waals surface area contributed by atoms with Crippen LogP contribution in [-0.2, 0) is 0 Å². The van der Waals surface area contributed by atoms with Crippen LogP contribution < -0.4 is 10.1 Å². The topological polar surface area (TPSA) is 21.3 Å². The van der Waals surface area contributed by atoms with Crippen molar-refractivity contribution in [2.75, 3.05) is 14.2 Å². The molecule has 0 saturated carbocycles. The number of nitrogens with one attached hydrogen (secondary N) is 1. The fraction of sp³-hybridized carbons (Fsp3) is 0.200. The van der Waals surface area contributed by atoms with Gasteiger partial charge in [-0.05, 0) is 37.4 Å². The quantitative estimate of drug-likeness (QED) is 0.900. The smallest absolute Gasteiger partial charge is 0.124 e. The molecule has 0 amide bonds. The Morgan fingerprint density at radius 3 is 2.35 bits per heavy atom. The maximum absolute atomic E-state index is 13.5. The molecular weight excluding hydrogens is 300 g/mol. The van der Waals surface area contributed by atoms with Gasteiger partial charge in [0, 0.05) is 21.2 Å². The molecule has 0 radical (unpaired) electrons. The van der Waals surface area contributed by atoms with Gasteiger partial charge in [0.25, 0.3) is 0 Å². The summed E-state index contributed by atoms with van der Waals surface area (Å²) in [6, 6.07) is 9.26. The number of benzene rings is 2. The third-order valence-corrected chi connectivity index (χ3v) is 3.74. The molecule has 0 aromatic heterocycles. The van der Waals surface area contributed by atoms with Crippen molar-refractivity contribution in [1.29, 1.82) is 0 Å². The zero-order valence-corrected chi connectivity index (χ0v) is 12.6. The van der Waals surface area contributed by atoms with E-state index < -0.39 is 0 Å². The fourth-order valence-electron chi connectivity index (χ4n) is 2.17. The molecule has 1 unspecified atom stereocenters. The Balaban J connectivity index is 2.61. The second kappa shape index (κ2) is 6.44. The van der Waals surface area contributed by atoms with Gasteiger partial charge in [-0.3, -0.25) is 0 Å². The average molecular weight is 314 g/mol. The highest BCUT2D eigenvalue weighted by Gasteiger charge is 2.22. The summed E-state index contributed by atoms with van der Waals surface area (Å²) in [6.07, 6.45) is 0. The molecule has 0 fully saturated rings. The number of rotatable bonds is 4. The van der Waals surface area contributed by atoms with E-state index in [1.807, 2.05) is 0 Å². The van der Waals surface area contributed by atoms with Crippen LogP contribution in [-0.4, -0.2) is 14.2 Å². The predicted octanol–water partition coefficient (Wildman–Crippen LogP) is 4.45. The van der Waals surface area contributed by atoms with Gasteiger partial charge in [0.2, 0.25) is 0 Å². The molecule has 2 aromatic rings. The van der Waals surface area contributed by atoms with Crippen molar-refractivity contribution in [3.8, 4) is 5.75 Å². The van der Waals surface area contributed by atoms with E-state index in [2.05, 4.69) is 5.32 Å². The molecule has 5 heteroatoms. The zero-order valence-electron chi connectivity index (χ0n) is 11.1. The largest absolute Gasteiger partial charge is 0.496 e. The third kappa shape index (κ3) is 2.90. The highest BCUT2D eigenvalue weighted by atomic mass is 35.5. The van der Waals surface area contributed by atoms with Crippen molar-refractivity contribution in [2.24, 2.45) is 0 Å². The van der Waals surface area contributed by atoms with Gasteiger partial charge >= 0.3 is 0 Å². The minimum atomic E-state index is -0.359. The van der Waals surface area contributed by atoms with Gasteiger partial charge in [0.05, 0.1) is 13.2 Å².